The van der Waals surface area contributed by atoms with Gasteiger partial charge in [0, 0.05) is 44.4 Å². The standard InChI is InChI=1S/C20H24F6N2O6/c1-18(2,16(29)30)34-14-10-13(32-3)5-4-12(14)11-27-6-8-28(9-7-27)17(31)33-15(19(21,22)23)20(24,25)26/h4-5,10,15H,6-9,11H2,1-3H3,(H,29,30). The molecule has 1 aromatic rings. The Balaban J connectivity index is 2.05. The molecule has 34 heavy (non-hydrogen) atoms. The zero-order valence-electron chi connectivity index (χ0n) is 18.5. The van der Waals surface area contributed by atoms with Crippen molar-refractivity contribution in [1.29, 1.82) is 0 Å². The smallest absolute Gasteiger partial charge is 0.434 e. The normalized spacial score (nSPS) is 15.9. The molecular formula is C20H24F6N2O6. The van der Waals surface area contributed by atoms with Crippen molar-refractivity contribution in [2.45, 2.75) is 44.4 Å². The van der Waals surface area contributed by atoms with Gasteiger partial charge in [0.25, 0.3) is 6.10 Å². The molecule has 1 fully saturated rings. The van der Waals surface area contributed by atoms with Gasteiger partial charge in [-0.1, -0.05) is 6.07 Å². The first kappa shape index (κ1) is 27.3. The van der Waals surface area contributed by atoms with Crippen LogP contribution in [0.4, 0.5) is 31.1 Å². The number of ether oxygens (including phenoxy) is 3. The molecule has 1 aromatic carbocycles. The van der Waals surface area contributed by atoms with Crippen molar-refractivity contribution < 1.29 is 55.2 Å². The van der Waals surface area contributed by atoms with Gasteiger partial charge in [-0.25, -0.2) is 9.59 Å². The molecule has 8 nitrogen and oxygen atoms in total. The summed E-state index contributed by atoms with van der Waals surface area (Å²) in [6.45, 7) is 2.82. The number of piperazine rings is 1. The molecule has 0 radical (unpaired) electrons. The van der Waals surface area contributed by atoms with Crippen molar-refractivity contribution in [2.24, 2.45) is 0 Å². The van der Waals surface area contributed by atoms with E-state index in [0.717, 1.165) is 4.90 Å². The third-order valence-electron chi connectivity index (χ3n) is 4.99. The van der Waals surface area contributed by atoms with Gasteiger partial charge >= 0.3 is 24.4 Å². The first-order valence-corrected chi connectivity index (χ1v) is 9.95. The van der Waals surface area contributed by atoms with Gasteiger partial charge in [-0.2, -0.15) is 26.3 Å². The van der Waals surface area contributed by atoms with E-state index in [0.29, 0.717) is 11.3 Å². The maximum Gasteiger partial charge on any atom is 0.434 e. The topological polar surface area (TPSA) is 88.5 Å². The van der Waals surface area contributed by atoms with Crippen LogP contribution in [0.3, 0.4) is 0 Å². The third-order valence-corrected chi connectivity index (χ3v) is 4.99. The predicted octanol–water partition coefficient (Wildman–Crippen LogP) is 3.68. The van der Waals surface area contributed by atoms with Crippen LogP contribution in [0.1, 0.15) is 19.4 Å². The van der Waals surface area contributed by atoms with Gasteiger partial charge in [-0.05, 0) is 19.9 Å². The quantitative estimate of drug-likeness (QED) is 0.569. The van der Waals surface area contributed by atoms with Crippen LogP contribution in [0.2, 0.25) is 0 Å². The Kier molecular flexibility index (Phi) is 8.17. The van der Waals surface area contributed by atoms with Gasteiger partial charge in [-0.15, -0.1) is 0 Å². The molecule has 1 aliphatic heterocycles. The first-order valence-electron chi connectivity index (χ1n) is 9.95. The molecule has 1 aliphatic rings. The molecule has 0 spiro atoms. The molecule has 0 atom stereocenters. The van der Waals surface area contributed by atoms with E-state index in [4.69, 9.17) is 9.47 Å². The van der Waals surface area contributed by atoms with Crippen molar-refractivity contribution in [1.82, 2.24) is 9.80 Å². The largest absolute Gasteiger partial charge is 0.497 e. The molecule has 14 heteroatoms. The van der Waals surface area contributed by atoms with E-state index < -0.39 is 36.1 Å². The summed E-state index contributed by atoms with van der Waals surface area (Å²) in [5.74, 6) is -0.562. The molecule has 0 bridgehead atoms. The van der Waals surface area contributed by atoms with Crippen molar-refractivity contribution in [2.75, 3.05) is 33.3 Å². The van der Waals surface area contributed by atoms with Crippen LogP contribution in [-0.4, -0.2) is 84.3 Å². The summed E-state index contributed by atoms with van der Waals surface area (Å²) in [4.78, 5) is 25.9. The second-order valence-corrected chi connectivity index (χ2v) is 8.00. The van der Waals surface area contributed by atoms with Crippen molar-refractivity contribution >= 4 is 12.1 Å². The Bertz CT molecular complexity index is 867. The molecule has 1 N–H and O–H groups in total. The van der Waals surface area contributed by atoms with E-state index in [1.807, 2.05) is 0 Å². The maximum atomic E-state index is 12.6. The molecule has 192 valence electrons. The van der Waals surface area contributed by atoms with Gasteiger partial charge in [0.1, 0.15) is 11.5 Å². The van der Waals surface area contributed by atoms with Gasteiger partial charge in [0.2, 0.25) is 0 Å². The van der Waals surface area contributed by atoms with Crippen LogP contribution >= 0.6 is 0 Å². The lowest BCUT2D eigenvalue weighted by molar-refractivity contribution is -0.308. The number of hydrogen-bond donors (Lipinski definition) is 1. The fourth-order valence-electron chi connectivity index (χ4n) is 3.03. The third kappa shape index (κ3) is 7.05. The molecule has 1 heterocycles. The minimum absolute atomic E-state index is 0.117. The summed E-state index contributed by atoms with van der Waals surface area (Å²) in [6.07, 6.45) is -17.5. The number of amides is 1. The Morgan fingerprint density at radius 2 is 1.59 bits per heavy atom. The number of methoxy groups -OCH3 is 1. The fourth-order valence-corrected chi connectivity index (χ4v) is 3.03. The highest BCUT2D eigenvalue weighted by atomic mass is 19.4. The lowest BCUT2D eigenvalue weighted by atomic mass is 10.1. The van der Waals surface area contributed by atoms with E-state index in [1.165, 1.54) is 27.0 Å². The summed E-state index contributed by atoms with van der Waals surface area (Å²) < 4.78 is 90.3. The van der Waals surface area contributed by atoms with E-state index in [9.17, 15) is 41.0 Å². The van der Waals surface area contributed by atoms with Crippen LogP contribution in [0.25, 0.3) is 0 Å². The highest BCUT2D eigenvalue weighted by molar-refractivity contribution is 5.77. The van der Waals surface area contributed by atoms with Gasteiger partial charge in [0.05, 0.1) is 7.11 Å². The average molecular weight is 502 g/mol. The van der Waals surface area contributed by atoms with Crippen molar-refractivity contribution in [3.8, 4) is 11.5 Å². The minimum atomic E-state index is -5.79. The highest BCUT2D eigenvalue weighted by Gasteiger charge is 2.60. The highest BCUT2D eigenvalue weighted by Crippen LogP contribution is 2.36. The van der Waals surface area contributed by atoms with Crippen molar-refractivity contribution in [3.05, 3.63) is 23.8 Å². The second kappa shape index (κ2) is 10.2. The number of halogens is 6. The Hall–Kier alpha value is -2.90. The fraction of sp³-hybridized carbons (Fsp3) is 0.600. The number of carboxylic acids is 1. The van der Waals surface area contributed by atoms with Gasteiger partial charge in [0.15, 0.2) is 5.60 Å². The number of carbonyl (C=O) groups is 2. The lowest BCUT2D eigenvalue weighted by Crippen LogP contribution is -2.52. The SMILES string of the molecule is COc1ccc(CN2CCN(C(=O)OC(C(F)(F)F)C(F)(F)F)CC2)c(OC(C)(C)C(=O)O)c1. The van der Waals surface area contributed by atoms with Crippen LogP contribution in [0.5, 0.6) is 11.5 Å². The molecular weight excluding hydrogens is 478 g/mol. The monoisotopic (exact) mass is 502 g/mol. The molecule has 0 aromatic heterocycles. The Morgan fingerprint density at radius 1 is 1.03 bits per heavy atom. The van der Waals surface area contributed by atoms with Crippen LogP contribution in [-0.2, 0) is 16.1 Å². The second-order valence-electron chi connectivity index (χ2n) is 8.00. The van der Waals surface area contributed by atoms with E-state index in [1.54, 1.807) is 17.0 Å². The number of hydrogen-bond acceptors (Lipinski definition) is 6. The zero-order valence-corrected chi connectivity index (χ0v) is 18.5. The summed E-state index contributed by atoms with van der Waals surface area (Å²) in [5.41, 5.74) is -0.989. The summed E-state index contributed by atoms with van der Waals surface area (Å²) in [7, 11) is 1.42. The number of rotatable bonds is 7. The number of nitrogens with zero attached hydrogens (tertiary/aromatic N) is 2. The van der Waals surface area contributed by atoms with Gasteiger partial charge < -0.3 is 24.2 Å². The summed E-state index contributed by atoms with van der Waals surface area (Å²) >= 11 is 0. The Labute approximate surface area is 191 Å². The zero-order chi connectivity index (χ0) is 25.9. The molecule has 0 saturated carbocycles. The lowest BCUT2D eigenvalue weighted by Gasteiger charge is -2.35. The number of carboxylic acid groups (broad SMARTS) is 1. The van der Waals surface area contributed by atoms with E-state index in [-0.39, 0.29) is 38.5 Å². The Morgan fingerprint density at radius 3 is 2.06 bits per heavy atom. The summed E-state index contributed by atoms with van der Waals surface area (Å²) in [5, 5.41) is 9.33. The van der Waals surface area contributed by atoms with Crippen LogP contribution < -0.4 is 9.47 Å². The predicted molar refractivity (Wildman–Crippen MR) is 105 cm³/mol. The summed E-state index contributed by atoms with van der Waals surface area (Å²) in [6, 6.07) is 4.77. The maximum absolute atomic E-state index is 12.6. The van der Waals surface area contributed by atoms with E-state index in [2.05, 4.69) is 4.74 Å². The van der Waals surface area contributed by atoms with Gasteiger partial charge in [-0.3, -0.25) is 4.90 Å². The minimum Gasteiger partial charge on any atom is -0.497 e. The van der Waals surface area contributed by atoms with E-state index >= 15 is 0 Å². The molecule has 0 unspecified atom stereocenters. The van der Waals surface area contributed by atoms with Crippen LogP contribution in [0, 0.1) is 0 Å². The number of aliphatic carboxylic acids is 1. The first-order chi connectivity index (χ1) is 15.5. The number of benzene rings is 1. The molecule has 1 saturated heterocycles. The average Bonchev–Trinajstić information content (AvgIpc) is 2.71. The van der Waals surface area contributed by atoms with Crippen LogP contribution in [0.15, 0.2) is 18.2 Å². The number of alkyl halides is 6. The molecule has 0 aliphatic carbocycles. The van der Waals surface area contributed by atoms with Crippen molar-refractivity contribution in [3.63, 3.8) is 0 Å². The molecule has 1 amide bonds. The number of carbonyl (C=O) groups excluding carboxylic acids is 1. The molecule has 2 rings (SSSR count).